The molecule has 0 bridgehead atoms. The number of aryl methyl sites for hydroxylation is 1. The van der Waals surface area contributed by atoms with Crippen molar-refractivity contribution in [2.45, 2.75) is 26.2 Å². The summed E-state index contributed by atoms with van der Waals surface area (Å²) in [6.07, 6.45) is 4.74. The maximum atomic E-state index is 14.5. The van der Waals surface area contributed by atoms with Gasteiger partial charge in [-0.25, -0.2) is 13.2 Å². The zero-order valence-corrected chi connectivity index (χ0v) is 16.9. The van der Waals surface area contributed by atoms with Crippen LogP contribution in [0.4, 0.5) is 13.2 Å². The van der Waals surface area contributed by atoms with Gasteiger partial charge >= 0.3 is 0 Å². The second-order valence-electron chi connectivity index (χ2n) is 6.38. The SMILES string of the molecule is COc1c(F)cc(F)c(-c2c(C)sc3cc(Cl)ccc23)c1F.OC=C1CCC1. The molecule has 0 spiro atoms. The number of fused-ring (bicyclic) bond motifs is 1. The van der Waals surface area contributed by atoms with Crippen LogP contribution in [0, 0.1) is 24.4 Å². The molecule has 1 aromatic heterocycles. The summed E-state index contributed by atoms with van der Waals surface area (Å²) in [5.41, 5.74) is 1.31. The van der Waals surface area contributed by atoms with Gasteiger partial charge in [0.15, 0.2) is 17.4 Å². The summed E-state index contributed by atoms with van der Waals surface area (Å²) in [7, 11) is 1.14. The molecule has 0 amide bonds. The second kappa shape index (κ2) is 8.45. The lowest BCUT2D eigenvalue weighted by Gasteiger charge is -2.12. The Labute approximate surface area is 169 Å². The van der Waals surface area contributed by atoms with Gasteiger partial charge in [0.05, 0.1) is 18.9 Å². The van der Waals surface area contributed by atoms with Gasteiger partial charge in [-0.3, -0.25) is 0 Å². The maximum absolute atomic E-state index is 14.5. The van der Waals surface area contributed by atoms with E-state index in [1.807, 2.05) is 0 Å². The van der Waals surface area contributed by atoms with Crippen molar-refractivity contribution in [2.24, 2.45) is 0 Å². The van der Waals surface area contributed by atoms with E-state index in [-0.39, 0.29) is 5.56 Å². The summed E-state index contributed by atoms with van der Waals surface area (Å²) < 4.78 is 47.8. The van der Waals surface area contributed by atoms with E-state index in [1.54, 1.807) is 25.1 Å². The third-order valence-electron chi connectivity index (χ3n) is 4.59. The first kappa shape index (κ1) is 20.6. The Morgan fingerprint density at radius 2 is 1.82 bits per heavy atom. The fraction of sp³-hybridized carbons (Fsp3) is 0.238. The van der Waals surface area contributed by atoms with Crippen LogP contribution in [0.25, 0.3) is 21.2 Å². The minimum Gasteiger partial charge on any atom is -0.516 e. The molecule has 0 aliphatic heterocycles. The number of thiophene rings is 1. The number of aliphatic hydroxyl groups excluding tert-OH is 1. The van der Waals surface area contributed by atoms with Crippen molar-refractivity contribution in [2.75, 3.05) is 7.11 Å². The van der Waals surface area contributed by atoms with Gasteiger partial charge in [0.25, 0.3) is 0 Å². The predicted octanol–water partition coefficient (Wildman–Crippen LogP) is 7.57. The van der Waals surface area contributed by atoms with Crippen LogP contribution in [0.15, 0.2) is 36.1 Å². The molecule has 4 rings (SSSR count). The van der Waals surface area contributed by atoms with Gasteiger partial charge in [0, 0.05) is 31.6 Å². The quantitative estimate of drug-likeness (QED) is 0.428. The van der Waals surface area contributed by atoms with Crippen LogP contribution in [-0.4, -0.2) is 12.2 Å². The minimum atomic E-state index is -1.07. The van der Waals surface area contributed by atoms with E-state index in [1.165, 1.54) is 29.6 Å². The van der Waals surface area contributed by atoms with Crippen molar-refractivity contribution >= 4 is 33.0 Å². The van der Waals surface area contributed by atoms with Crippen LogP contribution in [0.5, 0.6) is 5.75 Å². The second-order valence-corrected chi connectivity index (χ2v) is 8.07. The molecule has 28 heavy (non-hydrogen) atoms. The molecule has 1 heterocycles. The van der Waals surface area contributed by atoms with Gasteiger partial charge in [0.2, 0.25) is 0 Å². The Morgan fingerprint density at radius 1 is 1.11 bits per heavy atom. The Morgan fingerprint density at radius 3 is 2.36 bits per heavy atom. The van der Waals surface area contributed by atoms with E-state index in [4.69, 9.17) is 21.4 Å². The Balaban J connectivity index is 0.000000320. The lowest BCUT2D eigenvalue weighted by molar-refractivity contribution is 0.357. The molecule has 2 aromatic carbocycles. The number of allylic oxidation sites excluding steroid dienone is 1. The van der Waals surface area contributed by atoms with E-state index in [2.05, 4.69) is 0 Å². The third kappa shape index (κ3) is 3.84. The molecule has 0 unspecified atom stereocenters. The molecule has 1 aliphatic carbocycles. The molecular formula is C21H18ClF3O2S. The molecule has 7 heteroatoms. The molecule has 1 N–H and O–H groups in total. The number of ether oxygens (including phenoxy) is 1. The van der Waals surface area contributed by atoms with Crippen molar-refractivity contribution in [3.63, 3.8) is 0 Å². The zero-order chi connectivity index (χ0) is 20.4. The predicted molar refractivity (Wildman–Crippen MR) is 108 cm³/mol. The largest absolute Gasteiger partial charge is 0.516 e. The lowest BCUT2D eigenvalue weighted by atomic mass is 9.94. The topological polar surface area (TPSA) is 29.5 Å². The minimum absolute atomic E-state index is 0.288. The zero-order valence-electron chi connectivity index (χ0n) is 15.3. The molecule has 0 saturated heterocycles. The summed E-state index contributed by atoms with van der Waals surface area (Å²) in [4.78, 5) is 0.712. The van der Waals surface area contributed by atoms with E-state index in [9.17, 15) is 13.2 Å². The Bertz CT molecular complexity index is 1050. The van der Waals surface area contributed by atoms with Crippen molar-refractivity contribution in [3.8, 4) is 16.9 Å². The Hall–Kier alpha value is -2.18. The van der Waals surface area contributed by atoms with E-state index >= 15 is 0 Å². The number of halogens is 4. The fourth-order valence-corrected chi connectivity index (χ4v) is 4.35. The van der Waals surface area contributed by atoms with Gasteiger partial charge in [-0.05, 0) is 43.9 Å². The van der Waals surface area contributed by atoms with Crippen molar-refractivity contribution < 1.29 is 23.0 Å². The summed E-state index contributed by atoms with van der Waals surface area (Å²) >= 11 is 7.32. The first-order chi connectivity index (χ1) is 13.4. The van der Waals surface area contributed by atoms with Crippen LogP contribution < -0.4 is 4.74 Å². The average Bonchev–Trinajstić information content (AvgIpc) is 2.90. The van der Waals surface area contributed by atoms with E-state index in [0.29, 0.717) is 26.9 Å². The molecular weight excluding hydrogens is 409 g/mol. The summed E-state index contributed by atoms with van der Waals surface area (Å²) in [6, 6.07) is 5.71. The molecule has 2 nitrogen and oxygen atoms in total. The molecule has 1 saturated carbocycles. The fourth-order valence-electron chi connectivity index (χ4n) is 3.00. The standard InChI is InChI=1S/C16H10ClF3OS.C5H8O/c1-7-13(9-4-3-8(17)5-12(9)22-7)14-10(18)6-11(19)16(21-2)15(14)20;6-4-5-2-1-3-5/h3-6H,1-2H3;4,6H,1-3H2. The van der Waals surface area contributed by atoms with Gasteiger partial charge in [-0.2, -0.15) is 0 Å². The molecule has 0 radical (unpaired) electrons. The summed E-state index contributed by atoms with van der Waals surface area (Å²) in [5, 5.41) is 9.43. The normalized spacial score (nSPS) is 13.0. The third-order valence-corrected chi connectivity index (χ3v) is 5.89. The van der Waals surface area contributed by atoms with Crippen molar-refractivity contribution in [1.29, 1.82) is 0 Å². The van der Waals surface area contributed by atoms with Crippen molar-refractivity contribution in [1.82, 2.24) is 0 Å². The lowest BCUT2D eigenvalue weighted by Crippen LogP contribution is -1.99. The number of rotatable bonds is 2. The van der Waals surface area contributed by atoms with Crippen LogP contribution >= 0.6 is 22.9 Å². The molecule has 0 atom stereocenters. The smallest absolute Gasteiger partial charge is 0.191 e. The molecule has 1 aliphatic rings. The van der Waals surface area contributed by atoms with Crippen LogP contribution in [0.2, 0.25) is 5.02 Å². The summed E-state index contributed by atoms with van der Waals surface area (Å²) in [6.45, 7) is 1.75. The molecule has 148 valence electrons. The monoisotopic (exact) mass is 426 g/mol. The molecule has 3 aromatic rings. The highest BCUT2D eigenvalue weighted by Crippen LogP contribution is 2.43. The van der Waals surface area contributed by atoms with Crippen LogP contribution in [-0.2, 0) is 0 Å². The Kier molecular flexibility index (Phi) is 6.20. The van der Waals surface area contributed by atoms with Gasteiger partial charge in [0.1, 0.15) is 5.82 Å². The molecule has 1 fully saturated rings. The van der Waals surface area contributed by atoms with Gasteiger partial charge in [-0.1, -0.05) is 17.7 Å². The average molecular weight is 427 g/mol. The summed E-state index contributed by atoms with van der Waals surface area (Å²) in [5.74, 6) is -3.67. The first-order valence-corrected chi connectivity index (χ1v) is 9.79. The van der Waals surface area contributed by atoms with Gasteiger partial charge in [-0.15, -0.1) is 11.3 Å². The highest BCUT2D eigenvalue weighted by Gasteiger charge is 2.24. The number of benzene rings is 2. The van der Waals surface area contributed by atoms with E-state index in [0.717, 1.165) is 24.7 Å². The van der Waals surface area contributed by atoms with Crippen molar-refractivity contribution in [3.05, 3.63) is 63.5 Å². The first-order valence-electron chi connectivity index (χ1n) is 8.60. The number of aliphatic hydroxyl groups is 1. The van der Waals surface area contributed by atoms with Crippen LogP contribution in [0.3, 0.4) is 0 Å². The van der Waals surface area contributed by atoms with E-state index < -0.39 is 23.2 Å². The number of hydrogen-bond acceptors (Lipinski definition) is 3. The highest BCUT2D eigenvalue weighted by atomic mass is 35.5. The van der Waals surface area contributed by atoms with Gasteiger partial charge < -0.3 is 9.84 Å². The number of methoxy groups -OCH3 is 1. The number of hydrogen-bond donors (Lipinski definition) is 1. The maximum Gasteiger partial charge on any atom is 0.191 e. The van der Waals surface area contributed by atoms with Crippen LogP contribution in [0.1, 0.15) is 24.1 Å². The highest BCUT2D eigenvalue weighted by molar-refractivity contribution is 7.19.